The van der Waals surface area contributed by atoms with E-state index in [4.69, 9.17) is 11.6 Å². The topological polar surface area (TPSA) is 95.6 Å². The van der Waals surface area contributed by atoms with Gasteiger partial charge < -0.3 is 10.6 Å². The predicted molar refractivity (Wildman–Crippen MR) is 156 cm³/mol. The fourth-order valence-corrected chi connectivity index (χ4v) is 5.12. The molecule has 0 aromatic heterocycles. The minimum atomic E-state index is -3.63. The number of rotatable bonds is 9. The standard InChI is InChI=1S/C30H28ClN3O4S/c1-21(22-10-4-3-5-11-22)32-30(36)26-13-7-9-15-28(26)33-29(35)23-16-18-25(19-17-23)34(39(2,37)38)20-24-12-6-8-14-27(24)31/h3-19,21H,20H2,1-2H3,(H,32,36)(H,33,35)/t21-/m1/s1. The SMILES string of the molecule is C[C@@H](NC(=O)c1ccccc1NC(=O)c1ccc(N(Cc2ccccc2Cl)S(C)(=O)=O)cc1)c1ccccc1. The highest BCUT2D eigenvalue weighted by atomic mass is 35.5. The van der Waals surface area contributed by atoms with Gasteiger partial charge >= 0.3 is 0 Å². The molecule has 0 radical (unpaired) electrons. The molecule has 0 bridgehead atoms. The second kappa shape index (κ2) is 12.1. The number of sulfonamides is 1. The summed E-state index contributed by atoms with van der Waals surface area (Å²) in [6.45, 7) is 1.94. The molecule has 2 N–H and O–H groups in total. The van der Waals surface area contributed by atoms with Gasteiger partial charge in [-0.25, -0.2) is 8.42 Å². The summed E-state index contributed by atoms with van der Waals surface area (Å²) in [6.07, 6.45) is 1.12. The Morgan fingerprint density at radius 3 is 2.10 bits per heavy atom. The lowest BCUT2D eigenvalue weighted by molar-refractivity contribution is 0.0940. The van der Waals surface area contributed by atoms with Crippen LogP contribution in [-0.2, 0) is 16.6 Å². The number of hydrogen-bond acceptors (Lipinski definition) is 4. The summed E-state index contributed by atoms with van der Waals surface area (Å²) in [5, 5.41) is 6.22. The van der Waals surface area contributed by atoms with E-state index in [9.17, 15) is 18.0 Å². The van der Waals surface area contributed by atoms with Crippen molar-refractivity contribution in [3.63, 3.8) is 0 Å². The van der Waals surface area contributed by atoms with E-state index in [2.05, 4.69) is 10.6 Å². The van der Waals surface area contributed by atoms with Gasteiger partial charge in [0.2, 0.25) is 10.0 Å². The van der Waals surface area contributed by atoms with Gasteiger partial charge in [-0.05, 0) is 60.5 Å². The molecular weight excluding hydrogens is 534 g/mol. The summed E-state index contributed by atoms with van der Waals surface area (Å²) < 4.78 is 26.3. The number of carbonyl (C=O) groups excluding carboxylic acids is 2. The van der Waals surface area contributed by atoms with Gasteiger partial charge in [0.15, 0.2) is 0 Å². The van der Waals surface area contributed by atoms with Crippen LogP contribution in [-0.4, -0.2) is 26.5 Å². The quantitative estimate of drug-likeness (QED) is 0.260. The number of hydrogen-bond donors (Lipinski definition) is 2. The summed E-state index contributed by atoms with van der Waals surface area (Å²) >= 11 is 6.24. The monoisotopic (exact) mass is 561 g/mol. The second-order valence-corrected chi connectivity index (χ2v) is 11.3. The average molecular weight is 562 g/mol. The van der Waals surface area contributed by atoms with Gasteiger partial charge in [-0.15, -0.1) is 0 Å². The molecule has 0 saturated heterocycles. The average Bonchev–Trinajstić information content (AvgIpc) is 2.92. The van der Waals surface area contributed by atoms with E-state index in [1.165, 1.54) is 16.4 Å². The van der Waals surface area contributed by atoms with E-state index in [0.29, 0.717) is 33.1 Å². The van der Waals surface area contributed by atoms with Crippen LogP contribution in [0.1, 0.15) is 44.8 Å². The third kappa shape index (κ3) is 7.04. The molecule has 39 heavy (non-hydrogen) atoms. The summed E-state index contributed by atoms with van der Waals surface area (Å²) in [5.41, 5.74) is 3.00. The van der Waals surface area contributed by atoms with Crippen molar-refractivity contribution in [2.24, 2.45) is 0 Å². The second-order valence-electron chi connectivity index (χ2n) is 9.01. The van der Waals surface area contributed by atoms with Crippen molar-refractivity contribution in [2.75, 3.05) is 15.9 Å². The van der Waals surface area contributed by atoms with E-state index in [1.807, 2.05) is 37.3 Å². The van der Waals surface area contributed by atoms with Gasteiger partial charge in [-0.2, -0.15) is 0 Å². The van der Waals surface area contributed by atoms with Gasteiger partial charge in [-0.1, -0.05) is 72.3 Å². The third-order valence-corrected chi connectivity index (χ3v) is 7.67. The molecule has 0 aliphatic carbocycles. The van der Waals surface area contributed by atoms with Crippen LogP contribution in [0.5, 0.6) is 0 Å². The number of para-hydroxylation sites is 1. The van der Waals surface area contributed by atoms with E-state index in [0.717, 1.165) is 11.8 Å². The zero-order valence-electron chi connectivity index (χ0n) is 21.5. The maximum Gasteiger partial charge on any atom is 0.255 e. The molecule has 0 spiro atoms. The van der Waals surface area contributed by atoms with Crippen molar-refractivity contribution in [1.82, 2.24) is 5.32 Å². The number of nitrogens with one attached hydrogen (secondary N) is 2. The van der Waals surface area contributed by atoms with Crippen LogP contribution in [0.25, 0.3) is 0 Å². The number of amides is 2. The minimum absolute atomic E-state index is 0.0495. The Morgan fingerprint density at radius 1 is 0.821 bits per heavy atom. The van der Waals surface area contributed by atoms with Gasteiger partial charge in [0.25, 0.3) is 11.8 Å². The van der Waals surface area contributed by atoms with Crippen molar-refractivity contribution >= 4 is 44.8 Å². The summed E-state index contributed by atoms with van der Waals surface area (Å²) in [4.78, 5) is 26.1. The predicted octanol–water partition coefficient (Wildman–Crippen LogP) is 6.05. The van der Waals surface area contributed by atoms with Crippen LogP contribution >= 0.6 is 11.6 Å². The summed E-state index contributed by atoms with van der Waals surface area (Å²) in [7, 11) is -3.63. The molecule has 0 unspecified atom stereocenters. The summed E-state index contributed by atoms with van der Waals surface area (Å²) in [6, 6.07) is 29.3. The van der Waals surface area contributed by atoms with Crippen molar-refractivity contribution < 1.29 is 18.0 Å². The normalized spacial score (nSPS) is 11.9. The largest absolute Gasteiger partial charge is 0.345 e. The van der Waals surface area contributed by atoms with Crippen LogP contribution in [0.4, 0.5) is 11.4 Å². The van der Waals surface area contributed by atoms with E-state index >= 15 is 0 Å². The molecule has 7 nitrogen and oxygen atoms in total. The van der Waals surface area contributed by atoms with Crippen molar-refractivity contribution in [3.05, 3.63) is 130 Å². The molecule has 0 aliphatic heterocycles. The van der Waals surface area contributed by atoms with Gasteiger partial charge in [0, 0.05) is 10.6 Å². The van der Waals surface area contributed by atoms with Gasteiger partial charge in [-0.3, -0.25) is 13.9 Å². The number of anilines is 2. The Bertz CT molecular complexity index is 1580. The molecule has 1 atom stereocenters. The highest BCUT2D eigenvalue weighted by Crippen LogP contribution is 2.25. The lowest BCUT2D eigenvalue weighted by atomic mass is 10.1. The van der Waals surface area contributed by atoms with E-state index < -0.39 is 15.9 Å². The highest BCUT2D eigenvalue weighted by molar-refractivity contribution is 7.92. The highest BCUT2D eigenvalue weighted by Gasteiger charge is 2.20. The summed E-state index contributed by atoms with van der Waals surface area (Å²) in [5.74, 6) is -0.754. The zero-order valence-corrected chi connectivity index (χ0v) is 23.0. The molecule has 4 rings (SSSR count). The molecule has 2 amide bonds. The maximum absolute atomic E-state index is 13.1. The zero-order chi connectivity index (χ0) is 28.0. The van der Waals surface area contributed by atoms with Crippen LogP contribution < -0.4 is 14.9 Å². The fraction of sp³-hybridized carbons (Fsp3) is 0.133. The van der Waals surface area contributed by atoms with Crippen LogP contribution in [0.15, 0.2) is 103 Å². The molecule has 4 aromatic carbocycles. The first-order valence-corrected chi connectivity index (χ1v) is 14.4. The van der Waals surface area contributed by atoms with Crippen molar-refractivity contribution in [2.45, 2.75) is 19.5 Å². The van der Waals surface area contributed by atoms with Gasteiger partial charge in [0.05, 0.1) is 35.8 Å². The Labute approximate surface area is 233 Å². The molecule has 4 aromatic rings. The first kappa shape index (κ1) is 27.9. The number of carbonyl (C=O) groups is 2. The van der Waals surface area contributed by atoms with Gasteiger partial charge in [0.1, 0.15) is 0 Å². The Morgan fingerprint density at radius 2 is 1.44 bits per heavy atom. The first-order valence-electron chi connectivity index (χ1n) is 12.2. The number of halogens is 1. The number of benzene rings is 4. The molecule has 200 valence electrons. The minimum Gasteiger partial charge on any atom is -0.345 e. The number of nitrogens with zero attached hydrogens (tertiary/aromatic N) is 1. The van der Waals surface area contributed by atoms with Crippen LogP contribution in [0, 0.1) is 0 Å². The Balaban J connectivity index is 1.50. The molecule has 0 heterocycles. The maximum atomic E-state index is 13.1. The third-order valence-electron chi connectivity index (χ3n) is 6.16. The van der Waals surface area contributed by atoms with Crippen molar-refractivity contribution in [1.29, 1.82) is 0 Å². The molecule has 9 heteroatoms. The molecular formula is C30H28ClN3O4S. The van der Waals surface area contributed by atoms with Crippen LogP contribution in [0.2, 0.25) is 5.02 Å². The molecule has 0 fully saturated rings. The van der Waals surface area contributed by atoms with Crippen LogP contribution in [0.3, 0.4) is 0 Å². The van der Waals surface area contributed by atoms with E-state index in [1.54, 1.807) is 60.7 Å². The Kier molecular flexibility index (Phi) is 8.69. The smallest absolute Gasteiger partial charge is 0.255 e. The molecule has 0 aliphatic rings. The lowest BCUT2D eigenvalue weighted by Gasteiger charge is -2.23. The van der Waals surface area contributed by atoms with E-state index in [-0.39, 0.29) is 18.5 Å². The first-order chi connectivity index (χ1) is 18.6. The fourth-order valence-electron chi connectivity index (χ4n) is 4.04. The van der Waals surface area contributed by atoms with Crippen molar-refractivity contribution in [3.8, 4) is 0 Å². The molecule has 0 saturated carbocycles. The Hall–Kier alpha value is -4.14. The lowest BCUT2D eigenvalue weighted by Crippen LogP contribution is -2.29.